The third-order valence-electron chi connectivity index (χ3n) is 4.27. The van der Waals surface area contributed by atoms with Crippen LogP contribution in [0.25, 0.3) is 11.3 Å². The highest BCUT2D eigenvalue weighted by atomic mass is 35.5. The number of hydrazone groups is 1. The largest absolute Gasteiger partial charge is 0.368 e. The average molecular weight is 486 g/mol. The van der Waals surface area contributed by atoms with Crippen LogP contribution in [-0.2, 0) is 0 Å². The van der Waals surface area contributed by atoms with E-state index in [2.05, 4.69) is 35.8 Å². The van der Waals surface area contributed by atoms with Crippen LogP contribution in [0.4, 0.5) is 28.7 Å². The van der Waals surface area contributed by atoms with Gasteiger partial charge in [-0.3, -0.25) is 5.43 Å². The summed E-state index contributed by atoms with van der Waals surface area (Å²) in [6, 6.07) is 13.0. The zero-order chi connectivity index (χ0) is 22.7. The minimum absolute atomic E-state index is 0.0511. The Hall–Kier alpha value is -3.47. The van der Waals surface area contributed by atoms with E-state index in [1.54, 1.807) is 12.1 Å². The maximum Gasteiger partial charge on any atom is 0.233 e. The molecule has 162 valence electrons. The quantitative estimate of drug-likeness (QED) is 0.219. The van der Waals surface area contributed by atoms with Crippen molar-refractivity contribution in [2.75, 3.05) is 22.2 Å². The maximum atomic E-state index is 6.09. The molecule has 2 heterocycles. The van der Waals surface area contributed by atoms with E-state index in [9.17, 15) is 0 Å². The smallest absolute Gasteiger partial charge is 0.233 e. The highest BCUT2D eigenvalue weighted by Gasteiger charge is 2.07. The molecule has 9 nitrogen and oxygen atoms in total. The zero-order valence-corrected chi connectivity index (χ0v) is 19.0. The van der Waals surface area contributed by atoms with Crippen LogP contribution in [0.1, 0.15) is 12.5 Å². The monoisotopic (exact) mass is 485 g/mol. The number of aromatic nitrogens is 4. The van der Waals surface area contributed by atoms with E-state index in [0.717, 1.165) is 28.2 Å². The highest BCUT2D eigenvalue weighted by molar-refractivity contribution is 7.14. The van der Waals surface area contributed by atoms with Crippen molar-refractivity contribution in [3.05, 3.63) is 63.5 Å². The molecule has 0 unspecified atom stereocenters. The number of hydrogen-bond acceptors (Lipinski definition) is 10. The Labute approximate surface area is 197 Å². The molecule has 32 heavy (non-hydrogen) atoms. The van der Waals surface area contributed by atoms with Gasteiger partial charge in [-0.25, -0.2) is 4.98 Å². The van der Waals surface area contributed by atoms with Gasteiger partial charge in [0.1, 0.15) is 0 Å². The van der Waals surface area contributed by atoms with E-state index in [0.29, 0.717) is 15.2 Å². The molecule has 0 aliphatic rings. The average Bonchev–Trinajstić information content (AvgIpc) is 3.23. The molecule has 0 aliphatic heterocycles. The summed E-state index contributed by atoms with van der Waals surface area (Å²) in [7, 11) is 0. The summed E-state index contributed by atoms with van der Waals surface area (Å²) < 4.78 is 0. The number of anilines is 5. The summed E-state index contributed by atoms with van der Waals surface area (Å²) in [6.45, 7) is 1.90. The standard InChI is InChI=1S/C20H17Cl2N9S/c1-10(11-2-5-13(6-3-11)25-19-28-17(23)27-18(24)29-19)30-31-20-26-16(9-32-20)12-4-7-14(21)15(22)8-12/h2-9H,1H3,(H,26,31)(H5,23,24,25,27,28,29)/b30-10+. The maximum absolute atomic E-state index is 6.09. The number of benzene rings is 2. The first kappa shape index (κ1) is 21.8. The van der Waals surface area contributed by atoms with Crippen molar-refractivity contribution in [3.8, 4) is 11.3 Å². The van der Waals surface area contributed by atoms with E-state index in [1.165, 1.54) is 11.3 Å². The van der Waals surface area contributed by atoms with E-state index in [4.69, 9.17) is 34.7 Å². The van der Waals surface area contributed by atoms with Crippen molar-refractivity contribution < 1.29 is 0 Å². The van der Waals surface area contributed by atoms with Gasteiger partial charge in [0.2, 0.25) is 23.0 Å². The highest BCUT2D eigenvalue weighted by Crippen LogP contribution is 2.30. The van der Waals surface area contributed by atoms with Crippen molar-refractivity contribution >= 4 is 68.9 Å². The second kappa shape index (κ2) is 9.35. The van der Waals surface area contributed by atoms with Gasteiger partial charge in [0.15, 0.2) is 0 Å². The molecule has 0 atom stereocenters. The lowest BCUT2D eigenvalue weighted by atomic mass is 10.1. The van der Waals surface area contributed by atoms with E-state index in [-0.39, 0.29) is 17.8 Å². The molecule has 4 aromatic rings. The van der Waals surface area contributed by atoms with Gasteiger partial charge in [-0.1, -0.05) is 41.4 Å². The van der Waals surface area contributed by atoms with Crippen molar-refractivity contribution in [3.63, 3.8) is 0 Å². The van der Waals surface area contributed by atoms with E-state index < -0.39 is 0 Å². The molecule has 0 fully saturated rings. The van der Waals surface area contributed by atoms with Crippen LogP contribution in [-0.4, -0.2) is 25.6 Å². The van der Waals surface area contributed by atoms with Crippen LogP contribution in [0.15, 0.2) is 52.9 Å². The fraction of sp³-hybridized carbons (Fsp3) is 0.0500. The number of thiazole rings is 1. The van der Waals surface area contributed by atoms with E-state index >= 15 is 0 Å². The molecule has 0 saturated heterocycles. The third-order valence-corrected chi connectivity index (χ3v) is 5.75. The summed E-state index contributed by atoms with van der Waals surface area (Å²) in [4.78, 5) is 16.3. The SMILES string of the molecule is C/C(=N\Nc1nc(-c2ccc(Cl)c(Cl)c2)cs1)c1ccc(Nc2nc(N)nc(N)n2)cc1. The van der Waals surface area contributed by atoms with Crippen LogP contribution in [0.5, 0.6) is 0 Å². The van der Waals surface area contributed by atoms with Gasteiger partial charge in [-0.2, -0.15) is 20.1 Å². The number of hydrogen-bond donors (Lipinski definition) is 4. The first-order valence-electron chi connectivity index (χ1n) is 9.23. The molecule has 4 rings (SSSR count). The van der Waals surface area contributed by atoms with Crippen LogP contribution < -0.4 is 22.2 Å². The first-order valence-corrected chi connectivity index (χ1v) is 10.9. The summed E-state index contributed by atoms with van der Waals surface area (Å²) in [5.41, 5.74) is 18.3. The molecule has 0 bridgehead atoms. The molecule has 0 saturated carbocycles. The topological polar surface area (TPSA) is 140 Å². The predicted molar refractivity (Wildman–Crippen MR) is 132 cm³/mol. The third kappa shape index (κ3) is 5.22. The molecule has 0 amide bonds. The molecular weight excluding hydrogens is 469 g/mol. The number of nitrogens with two attached hydrogens (primary N) is 2. The van der Waals surface area contributed by atoms with Crippen molar-refractivity contribution in [1.82, 2.24) is 19.9 Å². The Morgan fingerprint density at radius 2 is 1.66 bits per heavy atom. The van der Waals surface area contributed by atoms with Gasteiger partial charge in [0, 0.05) is 16.6 Å². The number of rotatable bonds is 6. The van der Waals surface area contributed by atoms with E-state index in [1.807, 2.05) is 42.6 Å². The molecule has 2 aromatic carbocycles. The molecule has 0 radical (unpaired) electrons. The van der Waals surface area contributed by atoms with Crippen LogP contribution in [0.3, 0.4) is 0 Å². The molecule has 6 N–H and O–H groups in total. The predicted octanol–water partition coefficient (Wildman–Crippen LogP) is 5.05. The summed E-state index contributed by atoms with van der Waals surface area (Å²) in [6.07, 6.45) is 0. The Bertz CT molecular complexity index is 1270. The molecule has 0 spiro atoms. The lowest BCUT2D eigenvalue weighted by Crippen LogP contribution is -2.06. The normalized spacial score (nSPS) is 11.4. The first-order chi connectivity index (χ1) is 15.4. The van der Waals surface area contributed by atoms with Gasteiger partial charge in [-0.15, -0.1) is 11.3 Å². The molecule has 12 heteroatoms. The summed E-state index contributed by atoms with van der Waals surface area (Å²) in [5.74, 6) is 0.377. The van der Waals surface area contributed by atoms with Crippen molar-refractivity contribution in [1.29, 1.82) is 0 Å². The van der Waals surface area contributed by atoms with Gasteiger partial charge < -0.3 is 16.8 Å². The lowest BCUT2D eigenvalue weighted by Gasteiger charge is -2.07. The van der Waals surface area contributed by atoms with Gasteiger partial charge >= 0.3 is 0 Å². The second-order valence-corrected chi connectivity index (χ2v) is 8.23. The number of nitrogen functional groups attached to an aromatic ring is 2. The Kier molecular flexibility index (Phi) is 6.35. The molecular formula is C20H17Cl2N9S. The fourth-order valence-electron chi connectivity index (χ4n) is 2.70. The minimum Gasteiger partial charge on any atom is -0.368 e. The van der Waals surface area contributed by atoms with Gasteiger partial charge in [0.25, 0.3) is 0 Å². The lowest BCUT2D eigenvalue weighted by molar-refractivity contribution is 1.08. The zero-order valence-electron chi connectivity index (χ0n) is 16.7. The number of nitrogens with zero attached hydrogens (tertiary/aromatic N) is 5. The summed E-state index contributed by atoms with van der Waals surface area (Å²) >= 11 is 13.5. The molecule has 0 aliphatic carbocycles. The second-order valence-electron chi connectivity index (χ2n) is 6.55. The Morgan fingerprint density at radius 3 is 2.34 bits per heavy atom. The van der Waals surface area contributed by atoms with Crippen LogP contribution in [0, 0.1) is 0 Å². The Balaban J connectivity index is 1.42. The Morgan fingerprint density at radius 1 is 0.938 bits per heavy atom. The summed E-state index contributed by atoms with van der Waals surface area (Å²) in [5, 5.41) is 11.0. The molecule has 2 aromatic heterocycles. The van der Waals surface area contributed by atoms with Crippen molar-refractivity contribution in [2.24, 2.45) is 5.10 Å². The van der Waals surface area contributed by atoms with Crippen LogP contribution >= 0.6 is 34.5 Å². The van der Waals surface area contributed by atoms with Gasteiger partial charge in [-0.05, 0) is 36.8 Å². The number of nitrogens with one attached hydrogen (secondary N) is 2. The number of halogens is 2. The van der Waals surface area contributed by atoms with Crippen molar-refractivity contribution in [2.45, 2.75) is 6.92 Å². The van der Waals surface area contributed by atoms with Gasteiger partial charge in [0.05, 0.1) is 21.5 Å². The van der Waals surface area contributed by atoms with Crippen LogP contribution in [0.2, 0.25) is 10.0 Å². The fourth-order valence-corrected chi connectivity index (χ4v) is 3.66. The minimum atomic E-state index is 0.0511.